The maximum Gasteiger partial charge on any atom is 0.407 e. The average molecular weight is 302 g/mol. The van der Waals surface area contributed by atoms with Crippen LogP contribution in [0.3, 0.4) is 0 Å². The molecule has 0 aromatic rings. The first-order valence-electron chi connectivity index (χ1n) is 6.99. The zero-order valence-corrected chi connectivity index (χ0v) is 13.9. The van der Waals surface area contributed by atoms with E-state index < -0.39 is 17.5 Å². The molecule has 1 N–H and O–H groups in total. The highest BCUT2D eigenvalue weighted by atomic mass is 32.2. The molecule has 0 radical (unpaired) electrons. The minimum Gasteiger partial charge on any atom is -0.591 e. The lowest BCUT2D eigenvalue weighted by atomic mass is 9.94. The van der Waals surface area contributed by atoms with Crippen molar-refractivity contribution < 1.29 is 14.5 Å². The summed E-state index contributed by atoms with van der Waals surface area (Å²) in [5.74, 6) is 0.357. The highest BCUT2D eigenvalue weighted by Crippen LogP contribution is 2.34. The summed E-state index contributed by atoms with van der Waals surface area (Å²) in [6.07, 6.45) is 3.38. The molecular formula is C14H26N2O3S. The number of carboxylic acid groups (broad SMARTS) is 1. The van der Waals surface area contributed by atoms with E-state index in [4.69, 9.17) is 5.11 Å². The van der Waals surface area contributed by atoms with Gasteiger partial charge in [-0.25, -0.2) is 4.79 Å². The van der Waals surface area contributed by atoms with Crippen LogP contribution in [0.2, 0.25) is 0 Å². The van der Waals surface area contributed by atoms with Gasteiger partial charge in [0.05, 0.1) is 6.21 Å². The Kier molecular flexibility index (Phi) is 5.49. The third kappa shape index (κ3) is 4.66. The molecule has 6 heteroatoms. The third-order valence-corrected chi connectivity index (χ3v) is 4.98. The lowest BCUT2D eigenvalue weighted by Crippen LogP contribution is -2.41. The molecule has 1 amide bonds. The molecule has 0 unspecified atom stereocenters. The molecule has 0 aromatic heterocycles. The van der Waals surface area contributed by atoms with Gasteiger partial charge in [-0.2, -0.15) is 0 Å². The van der Waals surface area contributed by atoms with Crippen molar-refractivity contribution in [1.29, 1.82) is 0 Å². The predicted octanol–water partition coefficient (Wildman–Crippen LogP) is 3.08. The monoisotopic (exact) mass is 302 g/mol. The van der Waals surface area contributed by atoms with Gasteiger partial charge in [0.15, 0.2) is 0 Å². The van der Waals surface area contributed by atoms with Crippen molar-refractivity contribution in [2.24, 2.45) is 10.3 Å². The fourth-order valence-electron chi connectivity index (χ4n) is 2.51. The molecule has 0 aromatic carbocycles. The molecule has 5 nitrogen and oxygen atoms in total. The average Bonchev–Trinajstić information content (AvgIpc) is 2.58. The number of likely N-dealkylation sites (tertiary alicyclic amines) is 1. The summed E-state index contributed by atoms with van der Waals surface area (Å²) in [6, 6.07) is 0. The van der Waals surface area contributed by atoms with Crippen LogP contribution in [0.1, 0.15) is 53.9 Å². The summed E-state index contributed by atoms with van der Waals surface area (Å²) in [7, 11) is 0. The van der Waals surface area contributed by atoms with Gasteiger partial charge in [-0.1, -0.05) is 4.40 Å². The van der Waals surface area contributed by atoms with Gasteiger partial charge in [-0.15, -0.1) is 0 Å². The molecule has 0 saturated carbocycles. The number of nitrogens with zero attached hydrogens (tertiary/aromatic N) is 2. The van der Waals surface area contributed by atoms with Crippen LogP contribution in [-0.4, -0.2) is 43.7 Å². The standard InChI is InChI=1S/C14H26N2O3S/c1-13(2,3)20(19)15-8-6-7-11-9-14(4,5)16(10-11)12(17)18/h8,11H,6-7,9-10H2,1-5H3,(H,17,18)/b15-8+/t11-,20-/m0/s1. The van der Waals surface area contributed by atoms with Gasteiger partial charge in [0.1, 0.15) is 16.1 Å². The van der Waals surface area contributed by atoms with E-state index in [1.165, 1.54) is 4.90 Å². The predicted molar refractivity (Wildman–Crippen MR) is 82.5 cm³/mol. The van der Waals surface area contributed by atoms with Crippen molar-refractivity contribution in [3.05, 3.63) is 0 Å². The highest BCUT2D eigenvalue weighted by molar-refractivity contribution is 7.91. The van der Waals surface area contributed by atoms with Gasteiger partial charge in [-0.05, 0) is 59.8 Å². The minimum atomic E-state index is -1.21. The van der Waals surface area contributed by atoms with E-state index in [2.05, 4.69) is 4.40 Å². The summed E-state index contributed by atoms with van der Waals surface area (Å²) >= 11 is -1.21. The van der Waals surface area contributed by atoms with Crippen LogP contribution in [0.4, 0.5) is 4.79 Å². The van der Waals surface area contributed by atoms with Crippen molar-refractivity contribution in [3.63, 3.8) is 0 Å². The Labute approximate surface area is 124 Å². The quantitative estimate of drug-likeness (QED) is 0.640. The van der Waals surface area contributed by atoms with Gasteiger partial charge in [0, 0.05) is 12.1 Å². The molecule has 1 fully saturated rings. The molecule has 1 rings (SSSR count). The largest absolute Gasteiger partial charge is 0.591 e. The Balaban J connectivity index is 2.42. The van der Waals surface area contributed by atoms with Crippen LogP contribution < -0.4 is 0 Å². The van der Waals surface area contributed by atoms with Crippen molar-refractivity contribution in [2.75, 3.05) is 6.54 Å². The van der Waals surface area contributed by atoms with E-state index in [0.717, 1.165) is 19.3 Å². The Morgan fingerprint density at radius 2 is 2.15 bits per heavy atom. The van der Waals surface area contributed by atoms with E-state index in [1.54, 1.807) is 6.21 Å². The summed E-state index contributed by atoms with van der Waals surface area (Å²) in [5, 5.41) is 9.16. The molecule has 0 aliphatic carbocycles. The number of rotatable bonds is 4. The number of hydrogen-bond acceptors (Lipinski definition) is 3. The van der Waals surface area contributed by atoms with Crippen molar-refractivity contribution in [2.45, 2.75) is 64.2 Å². The third-order valence-electron chi connectivity index (χ3n) is 3.59. The van der Waals surface area contributed by atoms with E-state index in [-0.39, 0.29) is 10.3 Å². The van der Waals surface area contributed by atoms with Crippen LogP contribution in [0.15, 0.2) is 4.40 Å². The second-order valence-corrected chi connectivity index (χ2v) is 8.94. The van der Waals surface area contributed by atoms with Crippen molar-refractivity contribution in [1.82, 2.24) is 4.90 Å². The van der Waals surface area contributed by atoms with Crippen LogP contribution in [0.25, 0.3) is 0 Å². The van der Waals surface area contributed by atoms with Crippen LogP contribution in [0, 0.1) is 5.92 Å². The van der Waals surface area contributed by atoms with Crippen LogP contribution in [-0.2, 0) is 11.4 Å². The first-order valence-corrected chi connectivity index (χ1v) is 8.10. The van der Waals surface area contributed by atoms with E-state index in [9.17, 15) is 9.35 Å². The zero-order chi connectivity index (χ0) is 15.6. The molecule has 116 valence electrons. The summed E-state index contributed by atoms with van der Waals surface area (Å²) in [4.78, 5) is 12.7. The second kappa shape index (κ2) is 6.35. The summed E-state index contributed by atoms with van der Waals surface area (Å²) in [5.41, 5.74) is -0.290. The fraction of sp³-hybridized carbons (Fsp3) is 0.857. The van der Waals surface area contributed by atoms with E-state index in [1.807, 2.05) is 34.6 Å². The second-order valence-electron chi connectivity index (χ2n) is 7.00. The lowest BCUT2D eigenvalue weighted by Gasteiger charge is -2.28. The first kappa shape index (κ1) is 17.3. The van der Waals surface area contributed by atoms with E-state index in [0.29, 0.717) is 12.5 Å². The smallest absolute Gasteiger partial charge is 0.407 e. The Morgan fingerprint density at radius 1 is 1.55 bits per heavy atom. The SMILES string of the molecule is CC1(C)C[C@H](CC/C=N/[S@@+]([O-])C(C)(C)C)CN1C(=O)O. The van der Waals surface area contributed by atoms with Gasteiger partial charge in [0.2, 0.25) is 0 Å². The maximum absolute atomic E-state index is 11.7. The minimum absolute atomic E-state index is 0.290. The Hall–Kier alpha value is -0.750. The Morgan fingerprint density at radius 3 is 2.60 bits per heavy atom. The lowest BCUT2D eigenvalue weighted by molar-refractivity contribution is 0.117. The molecular weight excluding hydrogens is 276 g/mol. The molecule has 0 bridgehead atoms. The maximum atomic E-state index is 11.7. The van der Waals surface area contributed by atoms with Gasteiger partial charge < -0.3 is 14.6 Å². The van der Waals surface area contributed by atoms with Crippen LogP contribution in [0.5, 0.6) is 0 Å². The molecule has 20 heavy (non-hydrogen) atoms. The van der Waals surface area contributed by atoms with Gasteiger partial charge in [0.25, 0.3) is 0 Å². The van der Waals surface area contributed by atoms with Crippen LogP contribution >= 0.6 is 0 Å². The molecule has 1 aliphatic rings. The molecule has 0 spiro atoms. The molecule has 1 aliphatic heterocycles. The normalized spacial score (nSPS) is 24.3. The number of amides is 1. The fourth-order valence-corrected chi connectivity index (χ4v) is 3.06. The van der Waals surface area contributed by atoms with Gasteiger partial charge >= 0.3 is 6.09 Å². The summed E-state index contributed by atoms with van der Waals surface area (Å²) < 4.78 is 15.5. The van der Waals surface area contributed by atoms with Gasteiger partial charge in [-0.3, -0.25) is 0 Å². The highest BCUT2D eigenvalue weighted by Gasteiger charge is 2.40. The molecule has 1 saturated heterocycles. The van der Waals surface area contributed by atoms with Crippen molar-refractivity contribution in [3.8, 4) is 0 Å². The molecule has 2 atom stereocenters. The van der Waals surface area contributed by atoms with E-state index >= 15 is 0 Å². The number of hydrogen-bond donors (Lipinski definition) is 1. The number of carbonyl (C=O) groups is 1. The Bertz CT molecular complexity index is 377. The first-order chi connectivity index (χ1) is 9.04. The topological polar surface area (TPSA) is 76.0 Å². The van der Waals surface area contributed by atoms with Crippen molar-refractivity contribution >= 4 is 23.7 Å². The zero-order valence-electron chi connectivity index (χ0n) is 13.0. The summed E-state index contributed by atoms with van der Waals surface area (Å²) in [6.45, 7) is 10.2. The molecule has 1 heterocycles.